The van der Waals surface area contributed by atoms with Crippen LogP contribution < -0.4 is 9.62 Å². The van der Waals surface area contributed by atoms with Crippen molar-refractivity contribution in [2.24, 2.45) is 0 Å². The molecule has 7 nitrogen and oxygen atoms in total. The standard InChI is InChI=1S/C37H39ClFN3O4S/c1-27-13-11-12-16-29(27)25-41(35(23-28-14-5-2-6-15-28)37(44)40-30-17-7-3-8-18-30)36(43)26-42(31-21-22-34(39)33(38)24-31)47(45,46)32-19-9-4-10-20-32/h2,4-6,9-16,19-22,24,30,35H,3,7-8,17-18,23,25-26H2,1H3,(H,40,44)/t35-/m1/s1. The minimum Gasteiger partial charge on any atom is -0.352 e. The van der Waals surface area contributed by atoms with Gasteiger partial charge in [-0.2, -0.15) is 0 Å². The fourth-order valence-electron chi connectivity index (χ4n) is 5.96. The number of nitrogens with zero attached hydrogens (tertiary/aromatic N) is 2. The van der Waals surface area contributed by atoms with Crippen molar-refractivity contribution in [3.63, 3.8) is 0 Å². The summed E-state index contributed by atoms with van der Waals surface area (Å²) >= 11 is 6.11. The molecule has 1 fully saturated rings. The van der Waals surface area contributed by atoms with E-state index in [9.17, 15) is 22.4 Å². The van der Waals surface area contributed by atoms with Crippen molar-refractivity contribution in [3.8, 4) is 0 Å². The largest absolute Gasteiger partial charge is 0.352 e. The Kier molecular flexibility index (Phi) is 11.3. The van der Waals surface area contributed by atoms with E-state index in [1.54, 1.807) is 18.2 Å². The molecule has 0 spiro atoms. The number of sulfonamides is 1. The first-order valence-corrected chi connectivity index (χ1v) is 17.7. The molecule has 0 aliphatic heterocycles. The first kappa shape index (κ1) is 34.1. The first-order chi connectivity index (χ1) is 22.6. The Bertz CT molecular complexity index is 1780. The zero-order chi connectivity index (χ0) is 33.4. The Morgan fingerprint density at radius 2 is 1.53 bits per heavy atom. The van der Waals surface area contributed by atoms with Crippen LogP contribution in [0.5, 0.6) is 0 Å². The smallest absolute Gasteiger partial charge is 0.264 e. The van der Waals surface area contributed by atoms with E-state index in [4.69, 9.17) is 11.6 Å². The van der Waals surface area contributed by atoms with Gasteiger partial charge in [0.2, 0.25) is 11.8 Å². The lowest BCUT2D eigenvalue weighted by Gasteiger charge is -2.35. The summed E-state index contributed by atoms with van der Waals surface area (Å²) in [5.41, 5.74) is 2.64. The van der Waals surface area contributed by atoms with Gasteiger partial charge in [-0.1, -0.05) is 104 Å². The summed E-state index contributed by atoms with van der Waals surface area (Å²) in [5, 5.41) is 2.92. The van der Waals surface area contributed by atoms with Crippen LogP contribution in [0.25, 0.3) is 0 Å². The van der Waals surface area contributed by atoms with Crippen molar-refractivity contribution in [3.05, 3.63) is 131 Å². The number of hydrogen-bond donors (Lipinski definition) is 1. The Balaban J connectivity index is 1.58. The quantitative estimate of drug-likeness (QED) is 0.174. The van der Waals surface area contributed by atoms with Gasteiger partial charge in [0.25, 0.3) is 10.0 Å². The summed E-state index contributed by atoms with van der Waals surface area (Å²) < 4.78 is 43.3. The highest BCUT2D eigenvalue weighted by molar-refractivity contribution is 7.92. The monoisotopic (exact) mass is 675 g/mol. The topological polar surface area (TPSA) is 86.8 Å². The van der Waals surface area contributed by atoms with E-state index in [2.05, 4.69) is 5.32 Å². The van der Waals surface area contributed by atoms with Crippen LogP contribution >= 0.6 is 11.6 Å². The van der Waals surface area contributed by atoms with Crippen molar-refractivity contribution in [2.45, 2.75) is 69.0 Å². The van der Waals surface area contributed by atoms with Crippen molar-refractivity contribution in [1.29, 1.82) is 0 Å². The van der Waals surface area contributed by atoms with Gasteiger partial charge in [-0.25, -0.2) is 12.8 Å². The van der Waals surface area contributed by atoms with Crippen molar-refractivity contribution < 1.29 is 22.4 Å². The normalized spacial score (nSPS) is 14.3. The number of carbonyl (C=O) groups is 2. The number of nitrogens with one attached hydrogen (secondary N) is 1. The SMILES string of the molecule is Cc1ccccc1CN(C(=O)CN(c1ccc(F)c(Cl)c1)S(=O)(=O)c1ccccc1)[C@H](Cc1ccccc1)C(=O)NC1CCCCC1. The van der Waals surface area contributed by atoms with Gasteiger partial charge >= 0.3 is 0 Å². The molecule has 0 bridgehead atoms. The van der Waals surface area contributed by atoms with Gasteiger partial charge < -0.3 is 10.2 Å². The molecule has 0 saturated heterocycles. The molecule has 246 valence electrons. The van der Waals surface area contributed by atoms with Crippen LogP contribution in [0.4, 0.5) is 10.1 Å². The van der Waals surface area contributed by atoms with E-state index in [0.29, 0.717) is 0 Å². The maximum atomic E-state index is 14.6. The second-order valence-electron chi connectivity index (χ2n) is 11.9. The zero-order valence-corrected chi connectivity index (χ0v) is 27.9. The molecule has 1 aliphatic carbocycles. The van der Waals surface area contributed by atoms with Crippen LogP contribution in [-0.2, 0) is 32.6 Å². The van der Waals surface area contributed by atoms with E-state index in [-0.39, 0.29) is 40.5 Å². The molecule has 0 heterocycles. The summed E-state index contributed by atoms with van der Waals surface area (Å²) in [5.74, 6) is -1.60. The number of halogens is 2. The molecule has 1 aliphatic rings. The first-order valence-electron chi connectivity index (χ1n) is 15.8. The third kappa shape index (κ3) is 8.58. The van der Waals surface area contributed by atoms with E-state index < -0.39 is 34.3 Å². The van der Waals surface area contributed by atoms with Crippen LogP contribution in [0, 0.1) is 12.7 Å². The molecule has 0 unspecified atom stereocenters. The zero-order valence-electron chi connectivity index (χ0n) is 26.3. The van der Waals surface area contributed by atoms with Gasteiger partial charge in [-0.3, -0.25) is 13.9 Å². The molecule has 0 aromatic heterocycles. The molecule has 1 saturated carbocycles. The van der Waals surface area contributed by atoms with E-state index in [1.165, 1.54) is 29.2 Å². The Morgan fingerprint density at radius 1 is 0.894 bits per heavy atom. The number of anilines is 1. The molecule has 4 aromatic rings. The predicted octanol–water partition coefficient (Wildman–Crippen LogP) is 7.07. The fraction of sp³-hybridized carbons (Fsp3) is 0.297. The van der Waals surface area contributed by atoms with Gasteiger partial charge in [0.05, 0.1) is 15.6 Å². The number of amides is 2. The van der Waals surface area contributed by atoms with Gasteiger partial charge in [-0.15, -0.1) is 0 Å². The number of hydrogen-bond acceptors (Lipinski definition) is 4. The maximum absolute atomic E-state index is 14.6. The lowest BCUT2D eigenvalue weighted by Crippen LogP contribution is -2.55. The summed E-state index contributed by atoms with van der Waals surface area (Å²) in [6, 6.07) is 27.4. The molecule has 1 N–H and O–H groups in total. The number of aryl methyl sites for hydroxylation is 1. The second kappa shape index (κ2) is 15.6. The number of benzene rings is 4. The highest BCUT2D eigenvalue weighted by Gasteiger charge is 2.35. The molecule has 5 rings (SSSR count). The third-order valence-electron chi connectivity index (χ3n) is 8.63. The molecule has 4 aromatic carbocycles. The van der Waals surface area contributed by atoms with Crippen molar-refractivity contribution in [1.82, 2.24) is 10.2 Å². The molecule has 10 heteroatoms. The van der Waals surface area contributed by atoms with Crippen molar-refractivity contribution >= 4 is 39.1 Å². The summed E-state index contributed by atoms with van der Waals surface area (Å²) in [6.07, 6.45) is 5.12. The minimum absolute atomic E-state index is 0.00116. The molecular formula is C37H39ClFN3O4S. The van der Waals surface area contributed by atoms with E-state index >= 15 is 0 Å². The van der Waals surface area contributed by atoms with Crippen LogP contribution in [-0.4, -0.2) is 43.8 Å². The average Bonchev–Trinajstić information content (AvgIpc) is 3.08. The molecular weight excluding hydrogens is 637 g/mol. The molecule has 0 radical (unpaired) electrons. The summed E-state index contributed by atoms with van der Waals surface area (Å²) in [4.78, 5) is 30.3. The van der Waals surface area contributed by atoms with Crippen LogP contribution in [0.3, 0.4) is 0 Å². The van der Waals surface area contributed by atoms with Gasteiger partial charge in [0.15, 0.2) is 0 Å². The highest BCUT2D eigenvalue weighted by atomic mass is 35.5. The van der Waals surface area contributed by atoms with E-state index in [1.807, 2.05) is 61.5 Å². The van der Waals surface area contributed by atoms with Crippen LogP contribution in [0.1, 0.15) is 48.8 Å². The van der Waals surface area contributed by atoms with Gasteiger partial charge in [-0.05, 0) is 66.8 Å². The summed E-state index contributed by atoms with van der Waals surface area (Å²) in [7, 11) is -4.32. The molecule has 2 amide bonds. The fourth-order valence-corrected chi connectivity index (χ4v) is 7.56. The van der Waals surface area contributed by atoms with Crippen LogP contribution in [0.2, 0.25) is 5.02 Å². The predicted molar refractivity (Wildman–Crippen MR) is 183 cm³/mol. The van der Waals surface area contributed by atoms with Crippen LogP contribution in [0.15, 0.2) is 108 Å². The number of carbonyl (C=O) groups excluding carboxylic acids is 2. The third-order valence-corrected chi connectivity index (χ3v) is 10.7. The Labute approximate surface area is 281 Å². The van der Waals surface area contributed by atoms with Crippen molar-refractivity contribution in [2.75, 3.05) is 10.8 Å². The maximum Gasteiger partial charge on any atom is 0.264 e. The minimum atomic E-state index is -4.32. The summed E-state index contributed by atoms with van der Waals surface area (Å²) in [6.45, 7) is 1.36. The highest BCUT2D eigenvalue weighted by Crippen LogP contribution is 2.29. The van der Waals surface area contributed by atoms with Gasteiger partial charge in [0, 0.05) is 19.0 Å². The molecule has 47 heavy (non-hydrogen) atoms. The lowest BCUT2D eigenvalue weighted by atomic mass is 9.94. The average molecular weight is 676 g/mol. The Morgan fingerprint density at radius 3 is 2.19 bits per heavy atom. The van der Waals surface area contributed by atoms with Gasteiger partial charge in [0.1, 0.15) is 18.4 Å². The number of rotatable bonds is 12. The second-order valence-corrected chi connectivity index (χ2v) is 14.2. The molecule has 1 atom stereocenters. The lowest BCUT2D eigenvalue weighted by molar-refractivity contribution is -0.140. The Hall–Kier alpha value is -4.21. The van der Waals surface area contributed by atoms with E-state index in [0.717, 1.165) is 59.2 Å².